The van der Waals surface area contributed by atoms with E-state index in [2.05, 4.69) is 19.9 Å². The fourth-order valence-corrected chi connectivity index (χ4v) is 3.24. The minimum absolute atomic E-state index is 0.465. The molecule has 0 atom stereocenters. The van der Waals surface area contributed by atoms with Crippen LogP contribution >= 0.6 is 23.4 Å². The minimum atomic E-state index is 0.465. The fourth-order valence-electron chi connectivity index (χ4n) is 2.15. The van der Waals surface area contributed by atoms with Crippen molar-refractivity contribution in [2.45, 2.75) is 31.7 Å². The number of ether oxygens (including phenoxy) is 1. The largest absolute Gasteiger partial charge is 0.457 e. The van der Waals surface area contributed by atoms with Crippen molar-refractivity contribution in [2.75, 3.05) is 5.75 Å². The Morgan fingerprint density at radius 1 is 1.19 bits per heavy atom. The maximum Gasteiger partial charge on any atom is 0.133 e. The first kappa shape index (κ1) is 16.2. The van der Waals surface area contributed by atoms with Crippen molar-refractivity contribution in [3.8, 4) is 11.5 Å². The molecule has 2 nitrogen and oxygen atoms in total. The lowest BCUT2D eigenvalue weighted by Crippen LogP contribution is -2.02. The molecular weight excluding hydrogens is 302 g/mol. The van der Waals surface area contributed by atoms with Gasteiger partial charge in [0.25, 0.3) is 0 Å². The molecule has 0 amide bonds. The van der Waals surface area contributed by atoms with Crippen LogP contribution in [0.3, 0.4) is 0 Å². The third kappa shape index (κ3) is 3.94. The van der Waals surface area contributed by atoms with Crippen LogP contribution in [-0.4, -0.2) is 5.75 Å². The van der Waals surface area contributed by atoms with E-state index in [1.165, 1.54) is 4.90 Å². The average Bonchev–Trinajstić information content (AvgIpc) is 2.50. The highest BCUT2D eigenvalue weighted by Gasteiger charge is 2.10. The molecule has 112 valence electrons. The van der Waals surface area contributed by atoms with Gasteiger partial charge in [-0.2, -0.15) is 0 Å². The highest BCUT2D eigenvalue weighted by atomic mass is 35.5. The Morgan fingerprint density at radius 3 is 2.67 bits per heavy atom. The summed E-state index contributed by atoms with van der Waals surface area (Å²) in [6.07, 6.45) is 0.880. The van der Waals surface area contributed by atoms with Gasteiger partial charge in [-0.3, -0.25) is 0 Å². The molecule has 0 aromatic heterocycles. The molecule has 21 heavy (non-hydrogen) atoms. The summed E-state index contributed by atoms with van der Waals surface area (Å²) in [7, 11) is 0. The predicted octanol–water partition coefficient (Wildman–Crippen LogP) is 5.27. The molecule has 0 aliphatic carbocycles. The van der Waals surface area contributed by atoms with Crippen molar-refractivity contribution in [1.82, 2.24) is 0 Å². The maximum absolute atomic E-state index is 6.15. The Hall–Kier alpha value is -1.16. The first-order chi connectivity index (χ1) is 10.2. The average molecular weight is 322 g/mol. The van der Waals surface area contributed by atoms with Crippen LogP contribution in [-0.2, 0) is 13.0 Å². The molecule has 0 bridgehead atoms. The Kier molecular flexibility index (Phi) is 5.97. The van der Waals surface area contributed by atoms with Gasteiger partial charge in [0.1, 0.15) is 11.5 Å². The van der Waals surface area contributed by atoms with Crippen LogP contribution in [0.25, 0.3) is 0 Å². The molecule has 0 heterocycles. The molecule has 0 saturated carbocycles. The number of thioether (sulfide) groups is 1. The van der Waals surface area contributed by atoms with Gasteiger partial charge >= 0.3 is 0 Å². The molecular formula is C17H20ClNOS. The third-order valence-electron chi connectivity index (χ3n) is 3.22. The molecule has 0 aliphatic heterocycles. The summed E-state index contributed by atoms with van der Waals surface area (Å²) >= 11 is 7.93. The summed E-state index contributed by atoms with van der Waals surface area (Å²) < 4.78 is 6.03. The second-order valence-corrected chi connectivity index (χ2v) is 6.29. The lowest BCUT2D eigenvalue weighted by Gasteiger charge is -2.14. The van der Waals surface area contributed by atoms with E-state index in [1.807, 2.05) is 30.3 Å². The third-order valence-corrected chi connectivity index (χ3v) is 4.57. The maximum atomic E-state index is 6.15. The summed E-state index contributed by atoms with van der Waals surface area (Å²) in [5.41, 5.74) is 8.04. The Labute approximate surface area is 135 Å². The van der Waals surface area contributed by atoms with Gasteiger partial charge in [-0.05, 0) is 48.1 Å². The zero-order valence-electron chi connectivity index (χ0n) is 12.4. The zero-order chi connectivity index (χ0) is 15.2. The molecule has 2 aromatic rings. The van der Waals surface area contributed by atoms with E-state index in [-0.39, 0.29) is 0 Å². The summed E-state index contributed by atoms with van der Waals surface area (Å²) in [5.74, 6) is 2.63. The van der Waals surface area contributed by atoms with Crippen LogP contribution < -0.4 is 10.5 Å². The van der Waals surface area contributed by atoms with Crippen LogP contribution in [0.15, 0.2) is 41.3 Å². The van der Waals surface area contributed by atoms with Crippen LogP contribution in [0.1, 0.15) is 25.0 Å². The molecule has 2 aromatic carbocycles. The number of hydrogen-bond donors (Lipinski definition) is 1. The molecule has 0 radical (unpaired) electrons. The molecule has 4 heteroatoms. The number of benzene rings is 2. The standard InChI is InChI=1S/C17H20ClNOS/c1-3-12-10-13(8-9-15(12)18)20-16-6-5-7-17(21-4-2)14(16)11-19/h5-10H,3-4,11,19H2,1-2H3. The van der Waals surface area contributed by atoms with Gasteiger partial charge in [0.2, 0.25) is 0 Å². The van der Waals surface area contributed by atoms with Gasteiger partial charge in [-0.25, -0.2) is 0 Å². The van der Waals surface area contributed by atoms with Gasteiger partial charge in [0.15, 0.2) is 0 Å². The molecule has 0 spiro atoms. The lowest BCUT2D eigenvalue weighted by molar-refractivity contribution is 0.473. The molecule has 2 rings (SSSR count). The van der Waals surface area contributed by atoms with E-state index < -0.39 is 0 Å². The van der Waals surface area contributed by atoms with Crippen LogP contribution in [0.5, 0.6) is 11.5 Å². The summed E-state index contributed by atoms with van der Waals surface area (Å²) in [4.78, 5) is 1.18. The van der Waals surface area contributed by atoms with Gasteiger partial charge in [-0.15, -0.1) is 11.8 Å². The zero-order valence-corrected chi connectivity index (χ0v) is 13.9. The first-order valence-corrected chi connectivity index (χ1v) is 8.47. The van der Waals surface area contributed by atoms with Gasteiger partial charge in [0.05, 0.1) is 0 Å². The fraction of sp³-hybridized carbons (Fsp3) is 0.294. The quantitative estimate of drug-likeness (QED) is 0.736. The van der Waals surface area contributed by atoms with Crippen molar-refractivity contribution < 1.29 is 4.74 Å². The Balaban J connectivity index is 2.32. The van der Waals surface area contributed by atoms with Gasteiger partial charge in [0, 0.05) is 22.0 Å². The lowest BCUT2D eigenvalue weighted by atomic mass is 10.1. The normalized spacial score (nSPS) is 10.7. The van der Waals surface area contributed by atoms with E-state index in [0.717, 1.165) is 39.8 Å². The highest BCUT2D eigenvalue weighted by Crippen LogP contribution is 2.33. The molecule has 0 aliphatic rings. The SMILES string of the molecule is CCSc1cccc(Oc2ccc(Cl)c(CC)c2)c1CN. The van der Waals surface area contributed by atoms with Gasteiger partial charge in [-0.1, -0.05) is 31.5 Å². The van der Waals surface area contributed by atoms with Crippen LogP contribution in [0.4, 0.5) is 0 Å². The monoisotopic (exact) mass is 321 g/mol. The van der Waals surface area contributed by atoms with Crippen molar-refractivity contribution in [1.29, 1.82) is 0 Å². The van der Waals surface area contributed by atoms with Crippen LogP contribution in [0.2, 0.25) is 5.02 Å². The van der Waals surface area contributed by atoms with E-state index in [9.17, 15) is 0 Å². The Morgan fingerprint density at radius 2 is 2.00 bits per heavy atom. The molecule has 0 fully saturated rings. The second-order valence-electron chi connectivity index (χ2n) is 4.58. The second kappa shape index (κ2) is 7.74. The summed E-state index contributed by atoms with van der Waals surface area (Å²) in [6, 6.07) is 11.8. The van der Waals surface area contributed by atoms with E-state index in [4.69, 9.17) is 22.1 Å². The molecule has 0 unspecified atom stereocenters. The van der Waals surface area contributed by atoms with Crippen molar-refractivity contribution in [2.24, 2.45) is 5.73 Å². The molecule has 0 saturated heterocycles. The van der Waals surface area contributed by atoms with Crippen molar-refractivity contribution in [3.05, 3.63) is 52.5 Å². The molecule has 2 N–H and O–H groups in total. The van der Waals surface area contributed by atoms with E-state index in [1.54, 1.807) is 11.8 Å². The summed E-state index contributed by atoms with van der Waals surface area (Å²) in [6.45, 7) is 4.67. The minimum Gasteiger partial charge on any atom is -0.457 e. The van der Waals surface area contributed by atoms with Crippen LogP contribution in [0, 0.1) is 0 Å². The number of rotatable bonds is 6. The highest BCUT2D eigenvalue weighted by molar-refractivity contribution is 7.99. The van der Waals surface area contributed by atoms with Gasteiger partial charge < -0.3 is 10.5 Å². The number of aryl methyl sites for hydroxylation is 1. The van der Waals surface area contributed by atoms with Crippen molar-refractivity contribution in [3.63, 3.8) is 0 Å². The smallest absolute Gasteiger partial charge is 0.133 e. The van der Waals surface area contributed by atoms with Crippen molar-refractivity contribution >= 4 is 23.4 Å². The number of hydrogen-bond acceptors (Lipinski definition) is 3. The number of halogens is 1. The predicted molar refractivity (Wildman–Crippen MR) is 91.6 cm³/mol. The first-order valence-electron chi connectivity index (χ1n) is 7.10. The van der Waals surface area contributed by atoms with E-state index in [0.29, 0.717) is 6.54 Å². The summed E-state index contributed by atoms with van der Waals surface area (Å²) in [5, 5.41) is 0.777. The topological polar surface area (TPSA) is 35.2 Å². The van der Waals surface area contributed by atoms with E-state index >= 15 is 0 Å². The Bertz CT molecular complexity index is 616. The number of nitrogens with two attached hydrogens (primary N) is 1.